The number of rotatable bonds is 5. The first-order chi connectivity index (χ1) is 9.53. The van der Waals surface area contributed by atoms with Gasteiger partial charge in [-0.15, -0.1) is 0 Å². The smallest absolute Gasteiger partial charge is 0.217 e. The molecule has 2 saturated carbocycles. The molecule has 1 unspecified atom stereocenters. The third kappa shape index (κ3) is 2.12. The van der Waals surface area contributed by atoms with Crippen molar-refractivity contribution in [3.8, 4) is 0 Å². The largest absolute Gasteiger partial charge is 0.396 e. The minimum Gasteiger partial charge on any atom is -0.396 e. The molecule has 2 aliphatic heterocycles. The molecule has 2 saturated heterocycles. The van der Waals surface area contributed by atoms with E-state index >= 15 is 0 Å². The lowest BCUT2D eigenvalue weighted by Crippen LogP contribution is -2.69. The fourth-order valence-corrected chi connectivity index (χ4v) is 5.93. The highest BCUT2D eigenvalue weighted by atomic mass is 32.2. The second-order valence-electron chi connectivity index (χ2n) is 7.34. The first kappa shape index (κ1) is 13.5. The van der Waals surface area contributed by atoms with Gasteiger partial charge < -0.3 is 5.11 Å². The Morgan fingerprint density at radius 3 is 2.35 bits per heavy atom. The first-order valence-corrected chi connectivity index (χ1v) is 9.39. The van der Waals surface area contributed by atoms with E-state index < -0.39 is 10.0 Å². The summed E-state index contributed by atoms with van der Waals surface area (Å²) < 4.78 is 26.2. The second-order valence-corrected chi connectivity index (χ2v) is 9.55. The molecule has 1 N–H and O–H groups in total. The zero-order valence-corrected chi connectivity index (χ0v) is 12.7. The molecule has 0 aromatic carbocycles. The van der Waals surface area contributed by atoms with Crippen molar-refractivity contribution in [2.24, 2.45) is 11.8 Å². The zero-order valence-electron chi connectivity index (χ0n) is 11.9. The Balaban J connectivity index is 1.46. The monoisotopic (exact) mass is 300 g/mol. The molecule has 2 heterocycles. The average molecular weight is 300 g/mol. The average Bonchev–Trinajstić information content (AvgIpc) is 3.22. The first-order valence-electron chi connectivity index (χ1n) is 7.88. The van der Waals surface area contributed by atoms with Gasteiger partial charge in [0.25, 0.3) is 0 Å². The van der Waals surface area contributed by atoms with E-state index in [2.05, 4.69) is 4.90 Å². The van der Waals surface area contributed by atoms with Crippen molar-refractivity contribution >= 4 is 10.0 Å². The SMILES string of the molecule is O=S(=O)(C1CC1)N1CC2(CC(CO)CN2CC2CC2)C1. The zero-order chi connectivity index (χ0) is 14.0. The van der Waals surface area contributed by atoms with Crippen LogP contribution in [0.25, 0.3) is 0 Å². The maximum absolute atomic E-state index is 12.3. The summed E-state index contributed by atoms with van der Waals surface area (Å²) in [5.41, 5.74) is 0.0396. The van der Waals surface area contributed by atoms with Crippen molar-refractivity contribution in [1.82, 2.24) is 9.21 Å². The van der Waals surface area contributed by atoms with Gasteiger partial charge in [-0.2, -0.15) is 4.31 Å². The number of nitrogens with zero attached hydrogens (tertiary/aromatic N) is 2. The minimum absolute atomic E-state index is 0.0396. The molecule has 0 aromatic rings. The summed E-state index contributed by atoms with van der Waals surface area (Å²) in [5.74, 6) is 1.15. The molecular weight excluding hydrogens is 276 g/mol. The van der Waals surface area contributed by atoms with E-state index in [1.54, 1.807) is 4.31 Å². The van der Waals surface area contributed by atoms with Gasteiger partial charge in [-0.3, -0.25) is 4.90 Å². The predicted molar refractivity (Wildman–Crippen MR) is 75.7 cm³/mol. The van der Waals surface area contributed by atoms with Crippen LogP contribution >= 0.6 is 0 Å². The van der Waals surface area contributed by atoms with Gasteiger partial charge in [0, 0.05) is 38.3 Å². The van der Waals surface area contributed by atoms with Gasteiger partial charge in [0.05, 0.1) is 5.25 Å². The van der Waals surface area contributed by atoms with Crippen LogP contribution in [0.15, 0.2) is 0 Å². The minimum atomic E-state index is -3.01. The molecule has 20 heavy (non-hydrogen) atoms. The topological polar surface area (TPSA) is 60.9 Å². The molecule has 0 bridgehead atoms. The number of aliphatic hydroxyl groups is 1. The summed E-state index contributed by atoms with van der Waals surface area (Å²) in [6.45, 7) is 3.61. The van der Waals surface area contributed by atoms with Crippen LogP contribution in [0.2, 0.25) is 0 Å². The summed E-state index contributed by atoms with van der Waals surface area (Å²) in [5, 5.41) is 9.36. The summed E-state index contributed by atoms with van der Waals surface area (Å²) in [6, 6.07) is 0. The Morgan fingerprint density at radius 1 is 1.10 bits per heavy atom. The van der Waals surface area contributed by atoms with E-state index in [9.17, 15) is 13.5 Å². The molecule has 5 nitrogen and oxygen atoms in total. The van der Waals surface area contributed by atoms with Crippen LogP contribution in [0.4, 0.5) is 0 Å². The van der Waals surface area contributed by atoms with E-state index in [0.717, 1.165) is 38.3 Å². The molecule has 2 aliphatic carbocycles. The normalized spacial score (nSPS) is 34.5. The highest BCUT2D eigenvalue weighted by Gasteiger charge is 2.58. The predicted octanol–water partition coefficient (Wildman–Crippen LogP) is 0.257. The molecule has 0 amide bonds. The lowest BCUT2D eigenvalue weighted by atomic mass is 9.86. The molecule has 4 fully saturated rings. The molecule has 0 aromatic heterocycles. The van der Waals surface area contributed by atoms with Gasteiger partial charge >= 0.3 is 0 Å². The number of likely N-dealkylation sites (tertiary alicyclic amines) is 1. The third-order valence-corrected chi connectivity index (χ3v) is 7.79. The number of aliphatic hydroxyl groups excluding tert-OH is 1. The summed E-state index contributed by atoms with van der Waals surface area (Å²) in [7, 11) is -3.01. The summed E-state index contributed by atoms with van der Waals surface area (Å²) in [6.07, 6.45) is 5.29. The fraction of sp³-hybridized carbons (Fsp3) is 1.00. The second kappa shape index (κ2) is 4.41. The molecule has 4 rings (SSSR count). The van der Waals surface area contributed by atoms with Crippen LogP contribution in [-0.2, 0) is 10.0 Å². The van der Waals surface area contributed by atoms with Crippen molar-refractivity contribution < 1.29 is 13.5 Å². The Hall–Kier alpha value is -0.170. The van der Waals surface area contributed by atoms with Crippen LogP contribution in [0, 0.1) is 11.8 Å². The highest BCUT2D eigenvalue weighted by molar-refractivity contribution is 7.90. The molecule has 4 aliphatic rings. The van der Waals surface area contributed by atoms with E-state index in [4.69, 9.17) is 0 Å². The number of hydrogen-bond donors (Lipinski definition) is 1. The van der Waals surface area contributed by atoms with Gasteiger partial charge in [0.15, 0.2) is 0 Å². The van der Waals surface area contributed by atoms with Gasteiger partial charge in [0.1, 0.15) is 0 Å². The summed E-state index contributed by atoms with van der Waals surface area (Å²) >= 11 is 0. The Bertz CT molecular complexity index is 493. The molecule has 114 valence electrons. The van der Waals surface area contributed by atoms with Gasteiger partial charge in [0.2, 0.25) is 10.0 Å². The van der Waals surface area contributed by atoms with Gasteiger partial charge in [-0.05, 0) is 43.9 Å². The molecular formula is C14H24N2O3S. The Morgan fingerprint density at radius 2 is 1.80 bits per heavy atom. The maximum Gasteiger partial charge on any atom is 0.217 e. The maximum atomic E-state index is 12.3. The van der Waals surface area contributed by atoms with Crippen LogP contribution < -0.4 is 0 Å². The number of sulfonamides is 1. The van der Waals surface area contributed by atoms with Gasteiger partial charge in [-0.25, -0.2) is 8.42 Å². The van der Waals surface area contributed by atoms with Crippen LogP contribution in [0.3, 0.4) is 0 Å². The highest BCUT2D eigenvalue weighted by Crippen LogP contribution is 2.46. The van der Waals surface area contributed by atoms with Crippen molar-refractivity contribution in [1.29, 1.82) is 0 Å². The quantitative estimate of drug-likeness (QED) is 0.791. The third-order valence-electron chi connectivity index (χ3n) is 5.50. The van der Waals surface area contributed by atoms with Crippen molar-refractivity contribution in [3.05, 3.63) is 0 Å². The van der Waals surface area contributed by atoms with Crippen LogP contribution in [-0.4, -0.2) is 66.3 Å². The lowest BCUT2D eigenvalue weighted by molar-refractivity contribution is 0.0167. The van der Waals surface area contributed by atoms with Crippen LogP contribution in [0.5, 0.6) is 0 Å². The molecule has 1 spiro atoms. The summed E-state index contributed by atoms with van der Waals surface area (Å²) in [4.78, 5) is 2.49. The van der Waals surface area contributed by atoms with Crippen molar-refractivity contribution in [2.75, 3.05) is 32.8 Å². The van der Waals surface area contributed by atoms with E-state index in [1.165, 1.54) is 12.8 Å². The van der Waals surface area contributed by atoms with E-state index in [-0.39, 0.29) is 17.4 Å². The van der Waals surface area contributed by atoms with Crippen molar-refractivity contribution in [2.45, 2.75) is 42.9 Å². The van der Waals surface area contributed by atoms with E-state index in [1.807, 2.05) is 0 Å². The Labute approximate surface area is 121 Å². The van der Waals surface area contributed by atoms with Gasteiger partial charge in [-0.1, -0.05) is 0 Å². The number of hydrogen-bond acceptors (Lipinski definition) is 4. The molecule has 0 radical (unpaired) electrons. The fourth-order valence-electron chi connectivity index (χ4n) is 3.93. The van der Waals surface area contributed by atoms with Crippen molar-refractivity contribution in [3.63, 3.8) is 0 Å². The molecule has 6 heteroatoms. The van der Waals surface area contributed by atoms with Crippen LogP contribution in [0.1, 0.15) is 32.1 Å². The van der Waals surface area contributed by atoms with E-state index in [0.29, 0.717) is 19.0 Å². The standard InChI is InChI=1S/C14H24N2O3S/c17-8-12-5-14(15(7-12)6-11-1-2-11)9-16(10-14)20(18,19)13-3-4-13/h11-13,17H,1-10H2. The molecule has 1 atom stereocenters. The lowest BCUT2D eigenvalue weighted by Gasteiger charge is -2.52. The Kier molecular flexibility index (Phi) is 2.98.